The van der Waals surface area contributed by atoms with Crippen molar-refractivity contribution in [3.8, 4) is 0 Å². The third-order valence-electron chi connectivity index (χ3n) is 3.94. The lowest BCUT2D eigenvalue weighted by molar-refractivity contribution is -0.126. The van der Waals surface area contributed by atoms with Gasteiger partial charge in [-0.1, -0.05) is 0 Å². The number of halogens is 2. The minimum Gasteiger partial charge on any atom is -0.316 e. The third-order valence-corrected chi connectivity index (χ3v) is 3.94. The topological polar surface area (TPSA) is 45.2 Å². The number of hydrogen-bond donors (Lipinski definition) is 1. The van der Waals surface area contributed by atoms with Gasteiger partial charge in [-0.25, -0.2) is 0 Å². The number of carbonyl (C=O) groups is 1. The molecule has 1 atom stereocenters. The zero-order valence-corrected chi connectivity index (χ0v) is 12.3. The van der Waals surface area contributed by atoms with E-state index < -0.39 is 0 Å². The van der Waals surface area contributed by atoms with Crippen LogP contribution >= 0.6 is 24.8 Å². The molecule has 0 radical (unpaired) electrons. The van der Waals surface area contributed by atoms with Crippen molar-refractivity contribution in [1.29, 1.82) is 0 Å². The van der Waals surface area contributed by atoms with Crippen LogP contribution in [0, 0.1) is 5.41 Å². The molecule has 0 saturated carbocycles. The van der Waals surface area contributed by atoms with Gasteiger partial charge in [0.15, 0.2) is 0 Å². The summed E-state index contributed by atoms with van der Waals surface area (Å²) in [5.74, 6) is 0.276. The maximum absolute atomic E-state index is 12.5. The Hall–Kier alpha value is -0.840. The lowest BCUT2D eigenvalue weighted by atomic mass is 9.79. The summed E-state index contributed by atoms with van der Waals surface area (Å²) in [6.45, 7) is 2.71. The highest BCUT2D eigenvalue weighted by atomic mass is 35.5. The number of nitrogens with zero attached hydrogens (tertiary/aromatic N) is 2. The van der Waals surface area contributed by atoms with E-state index >= 15 is 0 Å². The number of pyridine rings is 1. The Morgan fingerprint density at radius 2 is 2.16 bits per heavy atom. The SMILES string of the molecule is Cl.Cl.O=C1N(c2cccnc2)CCC12CCCNC2. The predicted molar refractivity (Wildman–Crippen MR) is 80.2 cm³/mol. The first-order valence-electron chi connectivity index (χ1n) is 6.25. The van der Waals surface area contributed by atoms with E-state index in [9.17, 15) is 4.79 Å². The molecule has 3 rings (SSSR count). The fourth-order valence-corrected chi connectivity index (χ4v) is 2.94. The second-order valence-electron chi connectivity index (χ2n) is 4.98. The van der Waals surface area contributed by atoms with E-state index in [0.29, 0.717) is 0 Å². The van der Waals surface area contributed by atoms with Crippen molar-refractivity contribution in [2.24, 2.45) is 5.41 Å². The first-order chi connectivity index (χ1) is 8.32. The molecule has 1 aromatic rings. The number of amides is 1. The van der Waals surface area contributed by atoms with E-state index in [1.54, 1.807) is 12.4 Å². The molecule has 2 fully saturated rings. The summed E-state index contributed by atoms with van der Waals surface area (Å²) in [5.41, 5.74) is 0.786. The van der Waals surface area contributed by atoms with Crippen LogP contribution in [-0.2, 0) is 4.79 Å². The van der Waals surface area contributed by atoms with Crippen LogP contribution in [0.1, 0.15) is 19.3 Å². The standard InChI is InChI=1S/C13H17N3O.2ClH/c17-12-13(4-2-7-15-10-13)5-8-16(12)11-3-1-6-14-9-11;;/h1,3,6,9,15H,2,4-5,7-8,10H2;2*1H. The highest BCUT2D eigenvalue weighted by Gasteiger charge is 2.47. The smallest absolute Gasteiger partial charge is 0.234 e. The van der Waals surface area contributed by atoms with E-state index in [4.69, 9.17) is 0 Å². The van der Waals surface area contributed by atoms with Crippen molar-refractivity contribution < 1.29 is 4.79 Å². The van der Waals surface area contributed by atoms with Gasteiger partial charge in [0.25, 0.3) is 0 Å². The molecule has 0 bridgehead atoms. The molecule has 106 valence electrons. The molecular formula is C13H19Cl2N3O. The molecule has 1 spiro atoms. The van der Waals surface area contributed by atoms with E-state index in [0.717, 1.165) is 44.6 Å². The van der Waals surface area contributed by atoms with Crippen LogP contribution < -0.4 is 10.2 Å². The number of aromatic nitrogens is 1. The lowest BCUT2D eigenvalue weighted by Crippen LogP contribution is -2.45. The summed E-state index contributed by atoms with van der Waals surface area (Å²) in [7, 11) is 0. The summed E-state index contributed by atoms with van der Waals surface area (Å²) in [4.78, 5) is 18.5. The molecule has 0 aliphatic carbocycles. The van der Waals surface area contributed by atoms with E-state index in [1.165, 1.54) is 0 Å². The molecule has 3 heterocycles. The van der Waals surface area contributed by atoms with Crippen LogP contribution in [0.4, 0.5) is 5.69 Å². The Labute approximate surface area is 125 Å². The van der Waals surface area contributed by atoms with Crippen molar-refractivity contribution in [3.63, 3.8) is 0 Å². The summed E-state index contributed by atoms with van der Waals surface area (Å²) in [6.07, 6.45) is 6.60. The molecule has 2 aliphatic rings. The summed E-state index contributed by atoms with van der Waals surface area (Å²) in [5, 5.41) is 3.36. The monoisotopic (exact) mass is 303 g/mol. The van der Waals surface area contributed by atoms with Gasteiger partial charge < -0.3 is 10.2 Å². The summed E-state index contributed by atoms with van der Waals surface area (Å²) < 4.78 is 0. The molecule has 1 unspecified atom stereocenters. The van der Waals surface area contributed by atoms with Gasteiger partial charge in [0.2, 0.25) is 5.91 Å². The first kappa shape index (κ1) is 16.2. The molecule has 2 saturated heterocycles. The number of hydrogen-bond acceptors (Lipinski definition) is 3. The van der Waals surface area contributed by atoms with Crippen LogP contribution in [0.25, 0.3) is 0 Å². The van der Waals surface area contributed by atoms with Crippen molar-refractivity contribution in [1.82, 2.24) is 10.3 Å². The Balaban J connectivity index is 0.000000902. The average molecular weight is 304 g/mol. The highest BCUT2D eigenvalue weighted by Crippen LogP contribution is 2.39. The fourth-order valence-electron chi connectivity index (χ4n) is 2.94. The molecule has 0 aromatic carbocycles. The number of carbonyl (C=O) groups excluding carboxylic acids is 1. The molecule has 6 heteroatoms. The Morgan fingerprint density at radius 1 is 1.32 bits per heavy atom. The molecule has 1 N–H and O–H groups in total. The number of anilines is 1. The Morgan fingerprint density at radius 3 is 2.79 bits per heavy atom. The van der Waals surface area contributed by atoms with Gasteiger partial charge >= 0.3 is 0 Å². The van der Waals surface area contributed by atoms with Crippen molar-refractivity contribution in [2.45, 2.75) is 19.3 Å². The molecule has 2 aliphatic heterocycles. The molecular weight excluding hydrogens is 285 g/mol. The van der Waals surface area contributed by atoms with E-state index in [1.807, 2.05) is 17.0 Å². The van der Waals surface area contributed by atoms with Gasteiger partial charge in [0.05, 0.1) is 17.3 Å². The van der Waals surface area contributed by atoms with E-state index in [-0.39, 0.29) is 36.1 Å². The first-order valence-corrected chi connectivity index (χ1v) is 6.25. The van der Waals surface area contributed by atoms with Crippen LogP contribution in [0.15, 0.2) is 24.5 Å². The summed E-state index contributed by atoms with van der Waals surface area (Å²) >= 11 is 0. The molecule has 19 heavy (non-hydrogen) atoms. The van der Waals surface area contributed by atoms with Gasteiger partial charge in [-0.2, -0.15) is 0 Å². The molecule has 1 aromatic heterocycles. The zero-order chi connectivity index (χ0) is 11.7. The van der Waals surface area contributed by atoms with Crippen molar-refractivity contribution >= 4 is 36.4 Å². The van der Waals surface area contributed by atoms with Gasteiger partial charge in [-0.15, -0.1) is 24.8 Å². The van der Waals surface area contributed by atoms with Crippen molar-refractivity contribution in [2.75, 3.05) is 24.5 Å². The summed E-state index contributed by atoms with van der Waals surface area (Å²) in [6, 6.07) is 3.84. The molecule has 1 amide bonds. The van der Waals surface area contributed by atoms with Crippen LogP contribution in [0.5, 0.6) is 0 Å². The van der Waals surface area contributed by atoms with Gasteiger partial charge in [0, 0.05) is 19.3 Å². The second kappa shape index (κ2) is 6.55. The quantitative estimate of drug-likeness (QED) is 0.863. The highest BCUT2D eigenvalue weighted by molar-refractivity contribution is 6.00. The third kappa shape index (κ3) is 2.86. The minimum absolute atomic E-state index is 0. The number of piperidine rings is 1. The van der Waals surface area contributed by atoms with Crippen LogP contribution in [0.2, 0.25) is 0 Å². The predicted octanol–water partition coefficient (Wildman–Crippen LogP) is 2.03. The fraction of sp³-hybridized carbons (Fsp3) is 0.538. The minimum atomic E-state index is -0.145. The van der Waals surface area contributed by atoms with Crippen LogP contribution in [0.3, 0.4) is 0 Å². The largest absolute Gasteiger partial charge is 0.316 e. The molecule has 4 nitrogen and oxygen atoms in total. The lowest BCUT2D eigenvalue weighted by Gasteiger charge is -2.32. The number of rotatable bonds is 1. The zero-order valence-electron chi connectivity index (χ0n) is 10.7. The average Bonchev–Trinajstić information content (AvgIpc) is 2.70. The number of nitrogens with one attached hydrogen (secondary N) is 1. The van der Waals surface area contributed by atoms with Gasteiger partial charge in [0.1, 0.15) is 0 Å². The Bertz CT molecular complexity index is 421. The Kier molecular flexibility index (Phi) is 5.59. The van der Waals surface area contributed by atoms with Gasteiger partial charge in [-0.3, -0.25) is 9.78 Å². The van der Waals surface area contributed by atoms with Crippen molar-refractivity contribution in [3.05, 3.63) is 24.5 Å². The maximum Gasteiger partial charge on any atom is 0.234 e. The normalized spacial score (nSPS) is 25.9. The maximum atomic E-state index is 12.5. The van der Waals surface area contributed by atoms with Crippen LogP contribution in [-0.4, -0.2) is 30.5 Å². The van der Waals surface area contributed by atoms with Gasteiger partial charge in [-0.05, 0) is 37.9 Å². The van der Waals surface area contributed by atoms with E-state index in [2.05, 4.69) is 10.3 Å². The second-order valence-corrected chi connectivity index (χ2v) is 4.98.